The first-order chi connectivity index (χ1) is 17.0. The molecule has 1 aromatic rings. The number of piperazine rings is 1. The van der Waals surface area contributed by atoms with Crippen molar-refractivity contribution in [1.82, 2.24) is 4.90 Å². The number of anilines is 1. The highest BCUT2D eigenvalue weighted by molar-refractivity contribution is 6.63. The second kappa shape index (κ2) is 10.1. The molecule has 30 radical (unpaired) electrons. The van der Waals surface area contributed by atoms with Gasteiger partial charge in [-0.2, -0.15) is 0 Å². The van der Waals surface area contributed by atoms with Crippen molar-refractivity contribution in [3.63, 3.8) is 0 Å². The van der Waals surface area contributed by atoms with Gasteiger partial charge in [-0.3, -0.25) is 0 Å². The Balaban J connectivity index is 2.51. The van der Waals surface area contributed by atoms with Gasteiger partial charge in [0.05, 0.1) is 86.3 Å². The van der Waals surface area contributed by atoms with E-state index in [1.807, 2.05) is 0 Å². The molecule has 0 saturated carbocycles. The van der Waals surface area contributed by atoms with Crippen LogP contribution in [0.4, 0.5) is 10.5 Å². The molecule has 0 spiro atoms. The normalized spacial score (nSPS) is 20.6. The average molecular weight is 483 g/mol. The first kappa shape index (κ1) is 34.2. The smallest absolute Gasteiger partial charge is 0.408 e. The third-order valence-electron chi connectivity index (χ3n) is 5.68. The van der Waals surface area contributed by atoms with E-state index in [1.165, 1.54) is 24.3 Å². The summed E-state index contributed by atoms with van der Waals surface area (Å²) in [5, 5.41) is -17.1. The maximum Gasteiger partial charge on any atom is 0.408 e. The lowest BCUT2D eigenvalue weighted by molar-refractivity contribution is 0.000711. The summed E-state index contributed by atoms with van der Waals surface area (Å²) in [7, 11) is 89.8. The number of nitrogens with zero attached hydrogens (tertiary/aromatic N) is 2. The summed E-state index contributed by atoms with van der Waals surface area (Å²) < 4.78 is 15.6. The Morgan fingerprint density at radius 3 is 1.46 bits per heavy atom. The van der Waals surface area contributed by atoms with Crippen molar-refractivity contribution in [1.29, 1.82) is 0 Å². The van der Waals surface area contributed by atoms with Crippen LogP contribution in [0.2, 0.25) is 0 Å². The number of hydrogen-bond acceptors (Lipinski definition) is 5. The van der Waals surface area contributed by atoms with E-state index < -0.39 is 49.1 Å². The van der Waals surface area contributed by atoms with Gasteiger partial charge in [0.1, 0.15) is 42.7 Å². The topological polar surface area (TPSA) is 51.2 Å². The molecule has 0 atom stereocenters. The van der Waals surface area contributed by atoms with E-state index in [0.717, 1.165) is 4.90 Å². The van der Waals surface area contributed by atoms with Crippen LogP contribution < -0.4 is 9.64 Å². The summed E-state index contributed by atoms with van der Waals surface area (Å²) in [6.07, 6.45) is -1.19. The first-order valence-corrected chi connectivity index (χ1v) is 11.2. The van der Waals surface area contributed by atoms with E-state index in [1.54, 1.807) is 20.8 Å². The van der Waals surface area contributed by atoms with Crippen molar-refractivity contribution in [2.24, 2.45) is 0 Å². The van der Waals surface area contributed by atoms with Gasteiger partial charge in [-0.25, -0.2) is 4.79 Å². The minimum Gasteiger partial charge on any atom is -0.506 e. The fourth-order valence-corrected chi connectivity index (χ4v) is 3.68. The molecule has 6 nitrogen and oxygen atoms in total. The molecule has 1 fully saturated rings. The molecule has 1 amide bonds. The maximum atomic E-state index is 13.1. The maximum absolute atomic E-state index is 13.1. The Bertz CT molecular complexity index is 1040. The van der Waals surface area contributed by atoms with Crippen molar-refractivity contribution >= 4 is 129 Å². The number of rotatable bonds is 6. The fourth-order valence-electron chi connectivity index (χ4n) is 3.68. The number of hydrogen-bond donors (Lipinski definition) is 0. The van der Waals surface area contributed by atoms with Gasteiger partial charge < -0.3 is 24.0 Å². The summed E-state index contributed by atoms with van der Waals surface area (Å²) in [6.45, 7) is 4.73. The van der Waals surface area contributed by atoms with Crippen LogP contribution in [0.15, 0.2) is 24.3 Å². The van der Waals surface area contributed by atoms with Crippen LogP contribution in [0.25, 0.3) is 0 Å². The standard InChI is InChI=1S/C18H13B15N2O4/c1-11(2,3)38-10(36)35-14(23,24)12(19,20)34(13(21,22)15(35,25)26)8-4-6-9(7-5-8)37-16(27,28)17(29,30)39-18(31,32)33/h4-7H,1-3H3. The van der Waals surface area contributed by atoms with Gasteiger partial charge in [0.25, 0.3) is 0 Å². The molecule has 1 saturated heterocycles. The van der Waals surface area contributed by atoms with Crippen molar-refractivity contribution in [2.75, 3.05) is 4.90 Å². The molecular formula is C18H13B15N2O4. The van der Waals surface area contributed by atoms with Crippen molar-refractivity contribution < 1.29 is 19.0 Å². The average Bonchev–Trinajstić information content (AvgIpc) is 2.64. The predicted octanol–water partition coefficient (Wildman–Crippen LogP) is -4.80. The Morgan fingerprint density at radius 2 is 1.10 bits per heavy atom. The lowest BCUT2D eigenvalue weighted by Crippen LogP contribution is -2.93. The highest BCUT2D eigenvalue weighted by atomic mass is 16.6. The molecule has 0 N–H and O–H groups in total. The van der Waals surface area contributed by atoms with E-state index in [4.69, 9.17) is 132 Å². The molecule has 0 aromatic heterocycles. The second-order valence-corrected chi connectivity index (χ2v) is 10.6. The van der Waals surface area contributed by atoms with Crippen LogP contribution in [0.1, 0.15) is 20.8 Å². The Morgan fingerprint density at radius 1 is 0.692 bits per heavy atom. The zero-order valence-corrected chi connectivity index (χ0v) is 22.0. The number of ether oxygens (including phenoxy) is 3. The van der Waals surface area contributed by atoms with Gasteiger partial charge in [0.2, 0.25) is 0 Å². The van der Waals surface area contributed by atoms with Gasteiger partial charge in [-0.1, -0.05) is 0 Å². The number of carbonyl (C=O) groups excluding carboxylic acids is 1. The predicted molar refractivity (Wildman–Crippen MR) is 164 cm³/mol. The third kappa shape index (κ3) is 6.43. The van der Waals surface area contributed by atoms with E-state index in [9.17, 15) is 4.79 Å². The molecule has 2 rings (SSSR count). The van der Waals surface area contributed by atoms with Crippen LogP contribution in [0, 0.1) is 0 Å². The van der Waals surface area contributed by atoms with Crippen molar-refractivity contribution in [2.45, 2.75) is 63.8 Å². The number of amides is 1. The minimum atomic E-state index is -2.52. The van der Waals surface area contributed by atoms with Crippen LogP contribution in [-0.4, -0.2) is 172 Å². The summed E-state index contributed by atoms with van der Waals surface area (Å²) in [5.74, 6) is -0.0329. The van der Waals surface area contributed by atoms with Gasteiger partial charge in [0.15, 0.2) is 0 Å². The quantitative estimate of drug-likeness (QED) is 0.381. The Hall–Kier alpha value is -0.976. The van der Waals surface area contributed by atoms with Crippen LogP contribution in [0.3, 0.4) is 0 Å². The highest BCUT2D eigenvalue weighted by Crippen LogP contribution is 2.46. The van der Waals surface area contributed by atoms with E-state index in [-0.39, 0.29) is 11.4 Å². The highest BCUT2D eigenvalue weighted by Gasteiger charge is 2.62. The molecular weight excluding hydrogens is 470 g/mol. The second-order valence-electron chi connectivity index (χ2n) is 10.6. The number of carbonyl (C=O) groups is 1. The molecule has 0 aliphatic carbocycles. The van der Waals surface area contributed by atoms with Crippen LogP contribution in [0.5, 0.6) is 5.75 Å². The van der Waals surface area contributed by atoms with Gasteiger partial charge in [-0.15, -0.1) is 0 Å². The zero-order chi connectivity index (χ0) is 30.8. The largest absolute Gasteiger partial charge is 0.506 e. The molecule has 1 aliphatic heterocycles. The van der Waals surface area contributed by atoms with E-state index >= 15 is 0 Å². The minimum absolute atomic E-state index is 0.0329. The Labute approximate surface area is 251 Å². The molecule has 1 aromatic carbocycles. The monoisotopic (exact) mass is 486 g/mol. The molecule has 21 heteroatoms. The number of benzene rings is 1. The fraction of sp³-hybridized carbons (Fsp3) is 0.611. The van der Waals surface area contributed by atoms with Gasteiger partial charge in [0, 0.05) is 16.5 Å². The SMILES string of the molecule is [B]C([B])([B])OC([B])([B])C([B])([B])Oc1ccc(N2C([B])([B])C([B])([B])N(C(=O)OC(C)(C)C)C([B])([B])C2([B])[B])cc1. The zero-order valence-electron chi connectivity index (χ0n) is 22.0. The van der Waals surface area contributed by atoms with Crippen molar-refractivity contribution in [3.05, 3.63) is 24.3 Å². The van der Waals surface area contributed by atoms with Gasteiger partial charge >= 0.3 is 6.09 Å². The van der Waals surface area contributed by atoms with E-state index in [2.05, 4.69) is 0 Å². The molecule has 164 valence electrons. The molecule has 0 bridgehead atoms. The van der Waals surface area contributed by atoms with Crippen LogP contribution in [-0.2, 0) is 9.47 Å². The molecule has 39 heavy (non-hydrogen) atoms. The molecule has 0 unspecified atom stereocenters. The lowest BCUT2D eigenvalue weighted by atomic mass is 9.26. The van der Waals surface area contributed by atoms with Crippen molar-refractivity contribution in [3.8, 4) is 5.75 Å². The third-order valence-corrected chi connectivity index (χ3v) is 5.68. The summed E-state index contributed by atoms with van der Waals surface area (Å²) in [6, 6.07) is 5.21. The van der Waals surface area contributed by atoms with Gasteiger partial charge in [-0.05, 0) is 71.7 Å². The molecule has 1 aliphatic rings. The van der Waals surface area contributed by atoms with Crippen LogP contribution >= 0.6 is 0 Å². The summed E-state index contributed by atoms with van der Waals surface area (Å²) in [4.78, 5) is 14.4. The van der Waals surface area contributed by atoms with E-state index in [0.29, 0.717) is 4.90 Å². The summed E-state index contributed by atoms with van der Waals surface area (Å²) in [5.41, 5.74) is -0.973. The first-order valence-electron chi connectivity index (χ1n) is 11.2. The lowest BCUT2D eigenvalue weighted by Gasteiger charge is -2.75. The summed E-state index contributed by atoms with van der Waals surface area (Å²) >= 11 is 0. The Kier molecular flexibility index (Phi) is 8.85. The molecule has 1 heterocycles.